The molecule has 1 amide bonds. The van der Waals surface area contributed by atoms with Crippen molar-refractivity contribution in [1.29, 1.82) is 5.26 Å². The molecule has 1 N–H and O–H groups in total. The summed E-state index contributed by atoms with van der Waals surface area (Å²) in [5, 5.41) is 24.3. The molecule has 2 aromatic rings. The van der Waals surface area contributed by atoms with Crippen LogP contribution >= 0.6 is 15.9 Å². The molecule has 1 atom stereocenters. The minimum Gasteiger partial charge on any atom is -0.478 e. The van der Waals surface area contributed by atoms with Crippen LogP contribution in [0.25, 0.3) is 6.08 Å². The molecule has 8 heteroatoms. The number of hydrogen-bond acceptors (Lipinski definition) is 5. The number of hydrazone groups is 1. The zero-order valence-electron chi connectivity index (χ0n) is 16.1. The number of hydrogen-bond donors (Lipinski definition) is 1. The number of methoxy groups -OCH3 is 1. The third-order valence-corrected chi connectivity index (χ3v) is 5.11. The SMILES string of the molecule is COCC1=NN(c2ccc(Br)cc2)C(=O)C1C/C(=C/c1ccc(C#N)cc1)C(=O)O. The smallest absolute Gasteiger partial charge is 0.331 e. The topological polar surface area (TPSA) is 103 Å². The van der Waals surface area contributed by atoms with Gasteiger partial charge in [-0.2, -0.15) is 10.4 Å². The maximum Gasteiger partial charge on any atom is 0.331 e. The van der Waals surface area contributed by atoms with Gasteiger partial charge in [-0.05, 0) is 54.5 Å². The molecule has 2 aromatic carbocycles. The maximum atomic E-state index is 13.1. The number of nitriles is 1. The quantitative estimate of drug-likeness (QED) is 0.622. The molecule has 0 aliphatic carbocycles. The van der Waals surface area contributed by atoms with Gasteiger partial charge in [0.15, 0.2) is 0 Å². The van der Waals surface area contributed by atoms with Crippen molar-refractivity contribution in [2.45, 2.75) is 6.42 Å². The Bertz CT molecular complexity index is 1050. The van der Waals surface area contributed by atoms with E-state index in [1.807, 2.05) is 6.07 Å². The lowest BCUT2D eigenvalue weighted by Gasteiger charge is -2.15. The van der Waals surface area contributed by atoms with Gasteiger partial charge < -0.3 is 9.84 Å². The van der Waals surface area contributed by atoms with Crippen LogP contribution in [0.4, 0.5) is 5.69 Å². The summed E-state index contributed by atoms with van der Waals surface area (Å²) in [6, 6.07) is 15.7. The summed E-state index contributed by atoms with van der Waals surface area (Å²) in [4.78, 5) is 24.9. The number of carbonyl (C=O) groups excluding carboxylic acids is 1. The number of nitrogens with zero attached hydrogens (tertiary/aromatic N) is 3. The minimum atomic E-state index is -1.12. The van der Waals surface area contributed by atoms with Gasteiger partial charge in [0, 0.05) is 17.2 Å². The molecule has 0 spiro atoms. The molecule has 1 unspecified atom stereocenters. The number of benzene rings is 2. The van der Waals surface area contributed by atoms with Crippen molar-refractivity contribution >= 4 is 45.3 Å². The van der Waals surface area contributed by atoms with Gasteiger partial charge in [-0.3, -0.25) is 4.79 Å². The predicted octanol–water partition coefficient (Wildman–Crippen LogP) is 3.84. The van der Waals surface area contributed by atoms with Crippen LogP contribution in [0.5, 0.6) is 0 Å². The normalized spacial score (nSPS) is 16.4. The van der Waals surface area contributed by atoms with E-state index < -0.39 is 11.9 Å². The largest absolute Gasteiger partial charge is 0.478 e. The van der Waals surface area contributed by atoms with Gasteiger partial charge in [-0.1, -0.05) is 28.1 Å². The van der Waals surface area contributed by atoms with Crippen LogP contribution in [-0.4, -0.2) is 36.4 Å². The van der Waals surface area contributed by atoms with Crippen LogP contribution in [-0.2, 0) is 14.3 Å². The number of ether oxygens (including phenoxy) is 1. The molecule has 0 saturated carbocycles. The predicted molar refractivity (Wildman–Crippen MR) is 116 cm³/mol. The number of carbonyl (C=O) groups is 2. The summed E-state index contributed by atoms with van der Waals surface area (Å²) in [7, 11) is 1.50. The molecular weight excluding hydrogens is 450 g/mol. The second-order valence-electron chi connectivity index (χ2n) is 6.62. The highest BCUT2D eigenvalue weighted by molar-refractivity contribution is 9.10. The number of carboxylic acid groups (broad SMARTS) is 1. The van der Waals surface area contributed by atoms with E-state index in [9.17, 15) is 14.7 Å². The molecule has 152 valence electrons. The monoisotopic (exact) mass is 467 g/mol. The van der Waals surface area contributed by atoms with Gasteiger partial charge in [0.2, 0.25) is 0 Å². The van der Waals surface area contributed by atoms with Crippen LogP contribution in [0, 0.1) is 17.2 Å². The van der Waals surface area contributed by atoms with E-state index in [4.69, 9.17) is 10.00 Å². The number of anilines is 1. The summed E-state index contributed by atoms with van der Waals surface area (Å²) < 4.78 is 6.05. The van der Waals surface area contributed by atoms with E-state index in [1.54, 1.807) is 48.5 Å². The average Bonchev–Trinajstić information content (AvgIpc) is 3.04. The molecule has 1 aliphatic rings. The number of rotatable bonds is 7. The van der Waals surface area contributed by atoms with Crippen LogP contribution in [0.2, 0.25) is 0 Å². The van der Waals surface area contributed by atoms with E-state index >= 15 is 0 Å². The van der Waals surface area contributed by atoms with Crippen LogP contribution < -0.4 is 5.01 Å². The first kappa shape index (κ1) is 21.4. The molecule has 0 bridgehead atoms. The zero-order chi connectivity index (χ0) is 21.7. The molecule has 0 aromatic heterocycles. The lowest BCUT2D eigenvalue weighted by molar-refractivity contribution is -0.132. The fourth-order valence-electron chi connectivity index (χ4n) is 3.07. The number of halogens is 1. The molecule has 0 saturated heterocycles. The lowest BCUT2D eigenvalue weighted by Crippen LogP contribution is -2.29. The lowest BCUT2D eigenvalue weighted by atomic mass is 9.93. The van der Waals surface area contributed by atoms with Crippen molar-refractivity contribution in [2.24, 2.45) is 11.0 Å². The summed E-state index contributed by atoms with van der Waals surface area (Å²) in [6.45, 7) is 0.118. The molecule has 1 heterocycles. The Morgan fingerprint density at radius 3 is 2.50 bits per heavy atom. The van der Waals surface area contributed by atoms with E-state index in [2.05, 4.69) is 21.0 Å². The highest BCUT2D eigenvalue weighted by Gasteiger charge is 2.37. The zero-order valence-corrected chi connectivity index (χ0v) is 17.7. The van der Waals surface area contributed by atoms with Crippen molar-refractivity contribution in [3.8, 4) is 6.07 Å². The van der Waals surface area contributed by atoms with E-state index in [-0.39, 0.29) is 24.5 Å². The Morgan fingerprint density at radius 1 is 1.27 bits per heavy atom. The van der Waals surface area contributed by atoms with Crippen molar-refractivity contribution in [3.63, 3.8) is 0 Å². The second-order valence-corrected chi connectivity index (χ2v) is 7.53. The highest BCUT2D eigenvalue weighted by atomic mass is 79.9. The van der Waals surface area contributed by atoms with Crippen LogP contribution in [0.15, 0.2) is 63.7 Å². The van der Waals surface area contributed by atoms with E-state index in [1.165, 1.54) is 18.2 Å². The summed E-state index contributed by atoms with van der Waals surface area (Å²) in [5.74, 6) is -2.17. The van der Waals surface area contributed by atoms with Crippen molar-refractivity contribution in [2.75, 3.05) is 18.7 Å². The van der Waals surface area contributed by atoms with E-state index in [0.29, 0.717) is 22.5 Å². The van der Waals surface area contributed by atoms with Gasteiger partial charge in [0.05, 0.1) is 35.6 Å². The molecule has 1 aliphatic heterocycles. The molecular formula is C22H18BrN3O4. The van der Waals surface area contributed by atoms with Gasteiger partial charge in [-0.25, -0.2) is 9.80 Å². The molecule has 0 radical (unpaired) electrons. The first-order valence-electron chi connectivity index (χ1n) is 9.02. The van der Waals surface area contributed by atoms with E-state index in [0.717, 1.165) is 4.47 Å². The highest BCUT2D eigenvalue weighted by Crippen LogP contribution is 2.29. The Morgan fingerprint density at radius 2 is 1.93 bits per heavy atom. The standard InChI is InChI=1S/C22H18BrN3O4/c1-30-13-20-19(21(27)26(25-20)18-8-6-17(23)7-9-18)11-16(22(28)29)10-14-2-4-15(12-24)5-3-14/h2-10,19H,11,13H2,1H3,(H,28,29)/b16-10-. The molecule has 0 fully saturated rings. The maximum absolute atomic E-state index is 13.1. The fraction of sp³-hybridized carbons (Fsp3) is 0.182. The Hall–Kier alpha value is -3.28. The molecule has 7 nitrogen and oxygen atoms in total. The van der Waals surface area contributed by atoms with Crippen molar-refractivity contribution < 1.29 is 19.4 Å². The first-order valence-corrected chi connectivity index (χ1v) is 9.82. The van der Waals surface area contributed by atoms with Crippen LogP contribution in [0.3, 0.4) is 0 Å². The van der Waals surface area contributed by atoms with Gasteiger partial charge in [0.25, 0.3) is 5.91 Å². The minimum absolute atomic E-state index is 0.0244. The number of carboxylic acids is 1. The second kappa shape index (κ2) is 9.48. The van der Waals surface area contributed by atoms with Crippen molar-refractivity contribution in [3.05, 3.63) is 69.7 Å². The Labute approximate surface area is 182 Å². The fourth-order valence-corrected chi connectivity index (χ4v) is 3.33. The average molecular weight is 468 g/mol. The third kappa shape index (κ3) is 4.82. The summed E-state index contributed by atoms with van der Waals surface area (Å²) >= 11 is 3.36. The van der Waals surface area contributed by atoms with Crippen molar-refractivity contribution in [1.82, 2.24) is 0 Å². The number of aliphatic carboxylic acids is 1. The summed E-state index contributed by atoms with van der Waals surface area (Å²) in [5.41, 5.74) is 2.24. The molecule has 30 heavy (non-hydrogen) atoms. The van der Waals surface area contributed by atoms with Gasteiger partial charge in [0.1, 0.15) is 0 Å². The first-order chi connectivity index (χ1) is 14.4. The summed E-state index contributed by atoms with van der Waals surface area (Å²) in [6.07, 6.45) is 1.48. The van der Waals surface area contributed by atoms with Crippen LogP contribution in [0.1, 0.15) is 17.5 Å². The third-order valence-electron chi connectivity index (χ3n) is 4.58. The van der Waals surface area contributed by atoms with Gasteiger partial charge in [-0.15, -0.1) is 0 Å². The Balaban J connectivity index is 1.89. The molecule has 3 rings (SSSR count). The van der Waals surface area contributed by atoms with Gasteiger partial charge >= 0.3 is 5.97 Å². The number of amides is 1. The Kier molecular flexibility index (Phi) is 6.77.